The number of piperidine rings is 1. The first-order chi connectivity index (χ1) is 10.9. The van der Waals surface area contributed by atoms with E-state index in [1.165, 1.54) is 21.7 Å². The molecular formula is C17H24N2O3S. The van der Waals surface area contributed by atoms with Crippen molar-refractivity contribution < 1.29 is 13.2 Å². The Morgan fingerprint density at radius 1 is 1.17 bits per heavy atom. The summed E-state index contributed by atoms with van der Waals surface area (Å²) in [7, 11) is -1.26. The molecular weight excluding hydrogens is 312 g/mol. The van der Waals surface area contributed by atoms with Gasteiger partial charge in [0.25, 0.3) is 0 Å². The highest BCUT2D eigenvalue weighted by Gasteiger charge is 2.34. The lowest BCUT2D eigenvalue weighted by molar-refractivity contribution is -0.137. The molecule has 2 aliphatic rings. The Morgan fingerprint density at radius 3 is 2.48 bits per heavy atom. The normalized spacial score (nSPS) is 22.8. The minimum atomic E-state index is -3.14. The molecule has 1 aliphatic heterocycles. The number of nitrogens with zero attached hydrogens (tertiary/aromatic N) is 2. The van der Waals surface area contributed by atoms with Gasteiger partial charge in [0.15, 0.2) is 0 Å². The molecule has 0 radical (unpaired) electrons. The molecule has 126 valence electrons. The van der Waals surface area contributed by atoms with Crippen molar-refractivity contribution in [2.45, 2.75) is 31.7 Å². The molecule has 0 bridgehead atoms. The lowest BCUT2D eigenvalue weighted by Gasteiger charge is -2.34. The topological polar surface area (TPSA) is 57.7 Å². The van der Waals surface area contributed by atoms with Gasteiger partial charge in [-0.2, -0.15) is 0 Å². The van der Waals surface area contributed by atoms with Crippen LogP contribution in [0, 0.1) is 5.92 Å². The molecule has 3 rings (SSSR count). The number of aryl methyl sites for hydroxylation is 1. The average Bonchev–Trinajstić information content (AvgIpc) is 2.97. The summed E-state index contributed by atoms with van der Waals surface area (Å²) in [6.45, 7) is 0.897. The van der Waals surface area contributed by atoms with Gasteiger partial charge in [-0.1, -0.05) is 24.3 Å². The zero-order valence-electron chi connectivity index (χ0n) is 13.7. The Balaban J connectivity index is 1.66. The molecule has 1 aromatic rings. The third-order valence-electron chi connectivity index (χ3n) is 5.19. The maximum atomic E-state index is 12.8. The number of hydrogen-bond donors (Lipinski definition) is 0. The van der Waals surface area contributed by atoms with E-state index in [2.05, 4.69) is 12.1 Å². The maximum Gasteiger partial charge on any atom is 0.226 e. The van der Waals surface area contributed by atoms with Crippen LogP contribution >= 0.6 is 0 Å². The zero-order valence-corrected chi connectivity index (χ0v) is 14.6. The van der Waals surface area contributed by atoms with E-state index in [1.807, 2.05) is 24.1 Å². The summed E-state index contributed by atoms with van der Waals surface area (Å²) in [6, 6.07) is 8.48. The maximum absolute atomic E-state index is 12.8. The van der Waals surface area contributed by atoms with Crippen LogP contribution in [0.1, 0.15) is 36.4 Å². The minimum Gasteiger partial charge on any atom is -0.338 e. The van der Waals surface area contributed by atoms with Crippen LogP contribution in [-0.4, -0.2) is 49.9 Å². The quantitative estimate of drug-likeness (QED) is 0.846. The number of fused-ring (bicyclic) bond motifs is 1. The van der Waals surface area contributed by atoms with Crippen LogP contribution in [0.2, 0.25) is 0 Å². The molecule has 1 unspecified atom stereocenters. The number of carbonyl (C=O) groups excluding carboxylic acids is 1. The van der Waals surface area contributed by atoms with Crippen LogP contribution in [0.5, 0.6) is 0 Å². The largest absolute Gasteiger partial charge is 0.338 e. The molecule has 0 N–H and O–H groups in total. The Morgan fingerprint density at radius 2 is 1.83 bits per heavy atom. The Kier molecular flexibility index (Phi) is 4.47. The van der Waals surface area contributed by atoms with E-state index in [9.17, 15) is 13.2 Å². The monoisotopic (exact) mass is 336 g/mol. The van der Waals surface area contributed by atoms with Crippen LogP contribution in [-0.2, 0) is 21.2 Å². The predicted molar refractivity (Wildman–Crippen MR) is 89.4 cm³/mol. The number of hydrogen-bond acceptors (Lipinski definition) is 3. The van der Waals surface area contributed by atoms with Crippen molar-refractivity contribution in [1.82, 2.24) is 9.21 Å². The van der Waals surface area contributed by atoms with Crippen molar-refractivity contribution >= 4 is 15.9 Å². The highest BCUT2D eigenvalue weighted by molar-refractivity contribution is 7.88. The van der Waals surface area contributed by atoms with Crippen LogP contribution in [0.4, 0.5) is 0 Å². The first-order valence-electron chi connectivity index (χ1n) is 8.17. The third kappa shape index (κ3) is 3.28. The van der Waals surface area contributed by atoms with Gasteiger partial charge in [0.2, 0.25) is 15.9 Å². The van der Waals surface area contributed by atoms with E-state index in [-0.39, 0.29) is 17.9 Å². The minimum absolute atomic E-state index is 0.0641. The molecule has 0 aromatic heterocycles. The van der Waals surface area contributed by atoms with E-state index < -0.39 is 10.0 Å². The first kappa shape index (κ1) is 16.5. The van der Waals surface area contributed by atoms with Crippen molar-refractivity contribution in [2.24, 2.45) is 5.92 Å². The van der Waals surface area contributed by atoms with Crippen molar-refractivity contribution in [2.75, 3.05) is 26.4 Å². The van der Waals surface area contributed by atoms with Gasteiger partial charge >= 0.3 is 0 Å². The SMILES string of the molecule is CN(C(=O)C1CCN(S(C)(=O)=O)CC1)C1CCc2ccccc21. The lowest BCUT2D eigenvalue weighted by Crippen LogP contribution is -2.43. The second-order valence-electron chi connectivity index (χ2n) is 6.64. The van der Waals surface area contributed by atoms with Crippen LogP contribution in [0.15, 0.2) is 24.3 Å². The van der Waals surface area contributed by atoms with E-state index in [1.54, 1.807) is 0 Å². The van der Waals surface area contributed by atoms with Crippen LogP contribution in [0.25, 0.3) is 0 Å². The van der Waals surface area contributed by atoms with Gasteiger partial charge in [-0.3, -0.25) is 4.79 Å². The highest BCUT2D eigenvalue weighted by atomic mass is 32.2. The van der Waals surface area contributed by atoms with Crippen molar-refractivity contribution in [3.05, 3.63) is 35.4 Å². The summed E-state index contributed by atoms with van der Waals surface area (Å²) in [5.74, 6) is 0.0885. The summed E-state index contributed by atoms with van der Waals surface area (Å²) >= 11 is 0. The van der Waals surface area contributed by atoms with E-state index in [0.29, 0.717) is 25.9 Å². The fourth-order valence-electron chi connectivity index (χ4n) is 3.81. The number of benzene rings is 1. The molecule has 1 atom stereocenters. The smallest absolute Gasteiger partial charge is 0.226 e. The predicted octanol–water partition coefficient (Wildman–Crippen LogP) is 1.80. The van der Waals surface area contributed by atoms with Crippen molar-refractivity contribution in [3.63, 3.8) is 0 Å². The molecule has 1 saturated heterocycles. The molecule has 5 nitrogen and oxygen atoms in total. The molecule has 1 fully saturated rings. The fourth-order valence-corrected chi connectivity index (χ4v) is 4.69. The van der Waals surface area contributed by atoms with Gasteiger partial charge in [0.1, 0.15) is 0 Å². The van der Waals surface area contributed by atoms with Crippen molar-refractivity contribution in [1.29, 1.82) is 0 Å². The Bertz CT molecular complexity index is 694. The van der Waals surface area contributed by atoms with E-state index in [0.717, 1.165) is 12.8 Å². The van der Waals surface area contributed by atoms with Crippen molar-refractivity contribution in [3.8, 4) is 0 Å². The summed E-state index contributed by atoms with van der Waals surface area (Å²) in [5.41, 5.74) is 2.60. The summed E-state index contributed by atoms with van der Waals surface area (Å²) in [5, 5.41) is 0. The number of carbonyl (C=O) groups is 1. The summed E-state index contributed by atoms with van der Waals surface area (Å²) in [6.07, 6.45) is 4.46. The Labute approximate surface area is 138 Å². The molecule has 1 amide bonds. The Hall–Kier alpha value is -1.40. The number of amides is 1. The molecule has 0 spiro atoms. The van der Waals surface area contributed by atoms with Gasteiger partial charge in [-0.05, 0) is 36.8 Å². The second kappa shape index (κ2) is 6.24. The highest BCUT2D eigenvalue weighted by Crippen LogP contribution is 2.36. The van der Waals surface area contributed by atoms with E-state index >= 15 is 0 Å². The lowest BCUT2D eigenvalue weighted by atomic mass is 9.95. The third-order valence-corrected chi connectivity index (χ3v) is 6.49. The summed E-state index contributed by atoms with van der Waals surface area (Å²) in [4.78, 5) is 14.7. The molecule has 6 heteroatoms. The zero-order chi connectivity index (χ0) is 16.6. The van der Waals surface area contributed by atoms with Gasteiger partial charge < -0.3 is 4.90 Å². The van der Waals surface area contributed by atoms with Gasteiger partial charge in [-0.25, -0.2) is 12.7 Å². The van der Waals surface area contributed by atoms with Gasteiger partial charge in [-0.15, -0.1) is 0 Å². The molecule has 1 heterocycles. The molecule has 23 heavy (non-hydrogen) atoms. The van der Waals surface area contributed by atoms with E-state index in [4.69, 9.17) is 0 Å². The van der Waals surface area contributed by atoms with Gasteiger partial charge in [0, 0.05) is 26.1 Å². The molecule has 1 aromatic carbocycles. The fraction of sp³-hybridized carbons (Fsp3) is 0.588. The first-order valence-corrected chi connectivity index (χ1v) is 10.0. The second-order valence-corrected chi connectivity index (χ2v) is 8.62. The number of sulfonamides is 1. The van der Waals surface area contributed by atoms with Crippen LogP contribution < -0.4 is 0 Å². The summed E-state index contributed by atoms with van der Waals surface area (Å²) < 4.78 is 24.6. The van der Waals surface area contributed by atoms with Crippen LogP contribution in [0.3, 0.4) is 0 Å². The van der Waals surface area contributed by atoms with Gasteiger partial charge in [0.05, 0.1) is 12.3 Å². The average molecular weight is 336 g/mol. The standard InChI is InChI=1S/C17H24N2O3S/c1-18(16-8-7-13-5-3-4-6-15(13)16)17(20)14-9-11-19(12-10-14)23(2,21)22/h3-6,14,16H,7-12H2,1-2H3. The molecule has 0 saturated carbocycles. The number of rotatable bonds is 3. The molecule has 1 aliphatic carbocycles.